The summed E-state index contributed by atoms with van der Waals surface area (Å²) in [7, 11) is 0. The van der Waals surface area contributed by atoms with E-state index < -0.39 is 11.7 Å². The van der Waals surface area contributed by atoms with E-state index in [0.29, 0.717) is 12.4 Å². The van der Waals surface area contributed by atoms with E-state index in [1.54, 1.807) is 0 Å². The summed E-state index contributed by atoms with van der Waals surface area (Å²) in [6, 6.07) is 2.53. The molecule has 21 heavy (non-hydrogen) atoms. The molecule has 2 N–H and O–H groups in total. The van der Waals surface area contributed by atoms with Crippen LogP contribution in [0.3, 0.4) is 0 Å². The molecular formula is C13H11Cl2FN4O. The number of benzene rings is 1. The van der Waals surface area contributed by atoms with Crippen molar-refractivity contribution in [3.8, 4) is 0 Å². The summed E-state index contributed by atoms with van der Waals surface area (Å²) in [5.41, 5.74) is 0.386. The van der Waals surface area contributed by atoms with E-state index in [0.717, 1.165) is 0 Å². The summed E-state index contributed by atoms with van der Waals surface area (Å²) in [6.45, 7) is 2.56. The first-order chi connectivity index (χ1) is 10.0. The normalized spacial score (nSPS) is 10.3. The van der Waals surface area contributed by atoms with E-state index in [-0.39, 0.29) is 21.4 Å². The number of hydrogen-bond acceptors (Lipinski definition) is 4. The Hall–Kier alpha value is -1.92. The monoisotopic (exact) mass is 328 g/mol. The summed E-state index contributed by atoms with van der Waals surface area (Å²) in [4.78, 5) is 20.1. The average Bonchev–Trinajstić information content (AvgIpc) is 2.45. The van der Waals surface area contributed by atoms with Gasteiger partial charge in [-0.1, -0.05) is 23.2 Å². The minimum atomic E-state index is -0.731. The van der Waals surface area contributed by atoms with Crippen molar-refractivity contribution in [2.45, 2.75) is 6.92 Å². The number of anilines is 2. The van der Waals surface area contributed by atoms with Gasteiger partial charge in [-0.2, -0.15) is 0 Å². The molecule has 0 atom stereocenters. The van der Waals surface area contributed by atoms with Crippen LogP contribution in [0.4, 0.5) is 15.9 Å². The molecule has 2 rings (SSSR count). The van der Waals surface area contributed by atoms with Crippen LogP contribution >= 0.6 is 23.2 Å². The van der Waals surface area contributed by atoms with Crippen LogP contribution in [0, 0.1) is 5.82 Å². The smallest absolute Gasteiger partial charge is 0.275 e. The van der Waals surface area contributed by atoms with Gasteiger partial charge in [0.25, 0.3) is 5.91 Å². The van der Waals surface area contributed by atoms with Gasteiger partial charge >= 0.3 is 0 Å². The molecule has 5 nitrogen and oxygen atoms in total. The Morgan fingerprint density at radius 2 is 1.95 bits per heavy atom. The van der Waals surface area contributed by atoms with Gasteiger partial charge in [0, 0.05) is 12.2 Å². The fraction of sp³-hybridized carbons (Fsp3) is 0.154. The quantitative estimate of drug-likeness (QED) is 0.841. The SMILES string of the molecule is CCNc1cncc(C(=O)Nc2cc(Cl)c(F)c(Cl)c2)n1. The predicted octanol–water partition coefficient (Wildman–Crippen LogP) is 3.61. The number of nitrogens with one attached hydrogen (secondary N) is 2. The first kappa shape index (κ1) is 15.5. The maximum Gasteiger partial charge on any atom is 0.275 e. The number of halogens is 3. The molecule has 1 aromatic carbocycles. The molecule has 110 valence electrons. The van der Waals surface area contributed by atoms with Gasteiger partial charge in [0.15, 0.2) is 5.82 Å². The van der Waals surface area contributed by atoms with Crippen LogP contribution in [0.25, 0.3) is 0 Å². The molecule has 0 aliphatic carbocycles. The third kappa shape index (κ3) is 3.80. The largest absolute Gasteiger partial charge is 0.369 e. The standard InChI is InChI=1S/C13H11Cl2FN4O/c1-2-18-11-6-17-5-10(20-11)13(21)19-7-3-8(14)12(16)9(15)4-7/h3-6H,2H2,1H3,(H,18,20)(H,19,21). The molecule has 0 bridgehead atoms. The minimum absolute atomic E-state index is 0.116. The maximum atomic E-state index is 13.3. The number of amides is 1. The number of aromatic nitrogens is 2. The molecule has 2 aromatic rings. The third-order valence-corrected chi connectivity index (χ3v) is 3.02. The molecule has 1 aromatic heterocycles. The van der Waals surface area contributed by atoms with E-state index in [9.17, 15) is 9.18 Å². The molecule has 0 aliphatic rings. The van der Waals surface area contributed by atoms with Gasteiger partial charge in [-0.05, 0) is 19.1 Å². The van der Waals surface area contributed by atoms with Gasteiger partial charge in [-0.3, -0.25) is 9.78 Å². The Labute approximate surface area is 130 Å². The van der Waals surface area contributed by atoms with Crippen molar-refractivity contribution in [2.75, 3.05) is 17.2 Å². The molecule has 8 heteroatoms. The van der Waals surface area contributed by atoms with Crippen LogP contribution in [-0.2, 0) is 0 Å². The van der Waals surface area contributed by atoms with Crippen LogP contribution in [0.15, 0.2) is 24.5 Å². The molecule has 0 fully saturated rings. The highest BCUT2D eigenvalue weighted by Crippen LogP contribution is 2.27. The molecule has 0 unspecified atom stereocenters. The predicted molar refractivity (Wildman–Crippen MR) is 80.6 cm³/mol. The van der Waals surface area contributed by atoms with Crippen molar-refractivity contribution in [1.82, 2.24) is 9.97 Å². The van der Waals surface area contributed by atoms with Crippen molar-refractivity contribution in [3.05, 3.63) is 46.1 Å². The number of nitrogens with zero attached hydrogens (tertiary/aromatic N) is 2. The summed E-state index contributed by atoms with van der Waals surface area (Å²) in [5.74, 6) is -0.744. The van der Waals surface area contributed by atoms with Crippen molar-refractivity contribution in [2.24, 2.45) is 0 Å². The lowest BCUT2D eigenvalue weighted by atomic mass is 10.3. The van der Waals surface area contributed by atoms with E-state index in [4.69, 9.17) is 23.2 Å². The Kier molecular flexibility index (Phi) is 4.93. The second kappa shape index (κ2) is 6.69. The van der Waals surface area contributed by atoms with Crippen molar-refractivity contribution < 1.29 is 9.18 Å². The average molecular weight is 329 g/mol. The van der Waals surface area contributed by atoms with E-state index in [2.05, 4.69) is 20.6 Å². The molecule has 0 radical (unpaired) electrons. The van der Waals surface area contributed by atoms with Crippen LogP contribution in [0.5, 0.6) is 0 Å². The molecule has 0 spiro atoms. The van der Waals surface area contributed by atoms with Gasteiger partial charge in [0.2, 0.25) is 0 Å². The van der Waals surface area contributed by atoms with Gasteiger partial charge in [0.05, 0.1) is 22.4 Å². The van der Waals surface area contributed by atoms with Crippen LogP contribution in [0.1, 0.15) is 17.4 Å². The van der Waals surface area contributed by atoms with Gasteiger partial charge < -0.3 is 10.6 Å². The fourth-order valence-electron chi connectivity index (χ4n) is 1.56. The Bertz CT molecular complexity index is 658. The van der Waals surface area contributed by atoms with E-state index in [1.165, 1.54) is 24.5 Å². The fourth-order valence-corrected chi connectivity index (χ4v) is 2.05. The highest BCUT2D eigenvalue weighted by atomic mass is 35.5. The second-order valence-electron chi connectivity index (χ2n) is 4.03. The van der Waals surface area contributed by atoms with Gasteiger partial charge in [-0.25, -0.2) is 9.37 Å². The van der Waals surface area contributed by atoms with Gasteiger partial charge in [0.1, 0.15) is 11.5 Å². The number of carbonyl (C=O) groups excluding carboxylic acids is 1. The molecule has 0 aliphatic heterocycles. The Morgan fingerprint density at radius 3 is 2.57 bits per heavy atom. The molecule has 1 heterocycles. The third-order valence-electron chi connectivity index (χ3n) is 2.47. The molecular weight excluding hydrogens is 318 g/mol. The summed E-state index contributed by atoms with van der Waals surface area (Å²) >= 11 is 11.3. The lowest BCUT2D eigenvalue weighted by molar-refractivity contribution is 0.102. The van der Waals surface area contributed by atoms with Crippen molar-refractivity contribution >= 4 is 40.6 Å². The first-order valence-electron chi connectivity index (χ1n) is 6.03. The molecule has 0 saturated carbocycles. The zero-order valence-corrected chi connectivity index (χ0v) is 12.5. The van der Waals surface area contributed by atoms with E-state index in [1.807, 2.05) is 6.92 Å². The second-order valence-corrected chi connectivity index (χ2v) is 4.84. The molecule has 0 saturated heterocycles. The zero-order valence-electron chi connectivity index (χ0n) is 11.0. The highest BCUT2D eigenvalue weighted by molar-refractivity contribution is 6.35. The summed E-state index contributed by atoms with van der Waals surface area (Å²) in [5, 5.41) is 5.13. The lowest BCUT2D eigenvalue weighted by Gasteiger charge is -2.08. The number of hydrogen-bond donors (Lipinski definition) is 2. The van der Waals surface area contributed by atoms with Gasteiger partial charge in [-0.15, -0.1) is 0 Å². The maximum absolute atomic E-state index is 13.3. The number of carbonyl (C=O) groups is 1. The highest BCUT2D eigenvalue weighted by Gasteiger charge is 2.12. The van der Waals surface area contributed by atoms with Crippen molar-refractivity contribution in [1.29, 1.82) is 0 Å². The summed E-state index contributed by atoms with van der Waals surface area (Å²) < 4.78 is 13.3. The first-order valence-corrected chi connectivity index (χ1v) is 6.78. The van der Waals surface area contributed by atoms with Crippen LogP contribution in [-0.4, -0.2) is 22.4 Å². The lowest BCUT2D eigenvalue weighted by Crippen LogP contribution is -2.15. The van der Waals surface area contributed by atoms with Crippen LogP contribution < -0.4 is 10.6 Å². The zero-order chi connectivity index (χ0) is 15.4. The van der Waals surface area contributed by atoms with Crippen LogP contribution in [0.2, 0.25) is 10.0 Å². The minimum Gasteiger partial charge on any atom is -0.369 e. The topological polar surface area (TPSA) is 66.9 Å². The number of rotatable bonds is 4. The Balaban J connectivity index is 2.20. The van der Waals surface area contributed by atoms with Crippen molar-refractivity contribution in [3.63, 3.8) is 0 Å². The Morgan fingerprint density at radius 1 is 1.29 bits per heavy atom. The summed E-state index contributed by atoms with van der Waals surface area (Å²) in [6.07, 6.45) is 2.83. The van der Waals surface area contributed by atoms with E-state index >= 15 is 0 Å². The molecule has 1 amide bonds.